The van der Waals surface area contributed by atoms with E-state index in [9.17, 15) is 8.78 Å². The van der Waals surface area contributed by atoms with Gasteiger partial charge in [-0.2, -0.15) is 4.98 Å². The highest BCUT2D eigenvalue weighted by molar-refractivity contribution is 5.56. The van der Waals surface area contributed by atoms with E-state index in [2.05, 4.69) is 20.3 Å². The lowest BCUT2D eigenvalue weighted by atomic mass is 10.2. The van der Waals surface area contributed by atoms with Gasteiger partial charge >= 0.3 is 0 Å². The van der Waals surface area contributed by atoms with Crippen LogP contribution in [0.15, 0.2) is 48.8 Å². The fraction of sp³-hybridized carbons (Fsp3) is 0.211. The van der Waals surface area contributed by atoms with E-state index in [4.69, 9.17) is 0 Å². The fourth-order valence-electron chi connectivity index (χ4n) is 2.48. The van der Waals surface area contributed by atoms with Crippen molar-refractivity contribution in [1.82, 2.24) is 15.0 Å². The minimum atomic E-state index is -0.692. The molecular formula is C19H19F2N5. The molecule has 0 fully saturated rings. The molecule has 7 heteroatoms. The maximum Gasteiger partial charge on any atom is 0.229 e. The standard InChI is InChI=1S/C19H19F2N5/c1-13-11-18(26(2)10-7-14-5-8-22-9-6-14)25-19(23-13)24-17-4-3-15(20)12-16(17)21/h3-6,8-9,11-12H,7,10H2,1-2H3,(H,23,24,25). The van der Waals surface area contributed by atoms with Crippen molar-refractivity contribution in [3.63, 3.8) is 0 Å². The Morgan fingerprint density at radius 3 is 2.54 bits per heavy atom. The van der Waals surface area contributed by atoms with Gasteiger partial charge in [0.05, 0.1) is 5.69 Å². The van der Waals surface area contributed by atoms with Crippen molar-refractivity contribution in [3.8, 4) is 0 Å². The van der Waals surface area contributed by atoms with E-state index in [0.717, 1.165) is 30.5 Å². The molecule has 2 aromatic heterocycles. The quantitative estimate of drug-likeness (QED) is 0.727. The predicted molar refractivity (Wildman–Crippen MR) is 97.6 cm³/mol. The van der Waals surface area contributed by atoms with Gasteiger partial charge in [0.2, 0.25) is 5.95 Å². The Labute approximate surface area is 150 Å². The molecule has 0 spiro atoms. The number of hydrogen-bond donors (Lipinski definition) is 1. The average molecular weight is 355 g/mol. The summed E-state index contributed by atoms with van der Waals surface area (Å²) in [5, 5.41) is 2.81. The molecule has 0 unspecified atom stereocenters. The van der Waals surface area contributed by atoms with Crippen LogP contribution in [0, 0.1) is 18.6 Å². The molecule has 2 heterocycles. The monoisotopic (exact) mass is 355 g/mol. The van der Waals surface area contributed by atoms with Crippen LogP contribution in [0.2, 0.25) is 0 Å². The molecule has 3 aromatic rings. The fourth-order valence-corrected chi connectivity index (χ4v) is 2.48. The molecule has 3 rings (SSSR count). The second-order valence-electron chi connectivity index (χ2n) is 5.97. The molecule has 0 aliphatic carbocycles. The lowest BCUT2D eigenvalue weighted by molar-refractivity contribution is 0.586. The van der Waals surface area contributed by atoms with Crippen molar-refractivity contribution in [2.24, 2.45) is 0 Å². The molecule has 0 bridgehead atoms. The smallest absolute Gasteiger partial charge is 0.229 e. The third kappa shape index (κ3) is 4.50. The highest BCUT2D eigenvalue weighted by Crippen LogP contribution is 2.21. The molecule has 0 radical (unpaired) electrons. The molecule has 0 amide bonds. The summed E-state index contributed by atoms with van der Waals surface area (Å²) in [6.07, 6.45) is 4.38. The van der Waals surface area contributed by atoms with Gasteiger partial charge in [-0.3, -0.25) is 4.98 Å². The van der Waals surface area contributed by atoms with E-state index in [1.54, 1.807) is 12.4 Å². The Bertz CT molecular complexity index is 886. The number of halogens is 2. The number of aryl methyl sites for hydroxylation is 1. The molecule has 1 aromatic carbocycles. The van der Waals surface area contributed by atoms with Gasteiger partial charge in [-0.1, -0.05) is 0 Å². The number of rotatable bonds is 6. The first kappa shape index (κ1) is 17.7. The van der Waals surface area contributed by atoms with Crippen LogP contribution in [-0.4, -0.2) is 28.5 Å². The maximum absolute atomic E-state index is 13.8. The van der Waals surface area contributed by atoms with Crippen LogP contribution in [0.5, 0.6) is 0 Å². The van der Waals surface area contributed by atoms with Gasteiger partial charge < -0.3 is 10.2 Å². The molecule has 1 N–H and O–H groups in total. The van der Waals surface area contributed by atoms with E-state index in [0.29, 0.717) is 0 Å². The third-order valence-electron chi connectivity index (χ3n) is 3.89. The van der Waals surface area contributed by atoms with E-state index in [1.807, 2.05) is 37.1 Å². The van der Waals surface area contributed by atoms with Crippen molar-refractivity contribution < 1.29 is 8.78 Å². The zero-order chi connectivity index (χ0) is 18.5. The lowest BCUT2D eigenvalue weighted by Crippen LogP contribution is -2.22. The zero-order valence-corrected chi connectivity index (χ0v) is 14.6. The molecule has 0 aliphatic rings. The van der Waals surface area contributed by atoms with Gasteiger partial charge in [0.25, 0.3) is 0 Å². The molecule has 5 nitrogen and oxygen atoms in total. The number of pyridine rings is 1. The van der Waals surface area contributed by atoms with E-state index in [1.165, 1.54) is 17.7 Å². The Hall–Kier alpha value is -3.09. The summed E-state index contributed by atoms with van der Waals surface area (Å²) in [5.41, 5.74) is 2.06. The van der Waals surface area contributed by atoms with E-state index in [-0.39, 0.29) is 11.6 Å². The van der Waals surface area contributed by atoms with Gasteiger partial charge in [-0.15, -0.1) is 0 Å². The third-order valence-corrected chi connectivity index (χ3v) is 3.89. The lowest BCUT2D eigenvalue weighted by Gasteiger charge is -2.19. The summed E-state index contributed by atoms with van der Waals surface area (Å²) in [6.45, 7) is 2.60. The first-order valence-electron chi connectivity index (χ1n) is 8.19. The summed E-state index contributed by atoms with van der Waals surface area (Å²) in [7, 11) is 1.94. The number of nitrogens with one attached hydrogen (secondary N) is 1. The molecule has 134 valence electrons. The van der Waals surface area contributed by atoms with Crippen LogP contribution < -0.4 is 10.2 Å². The van der Waals surface area contributed by atoms with Crippen molar-refractivity contribution in [1.29, 1.82) is 0 Å². The van der Waals surface area contributed by atoms with Crippen molar-refractivity contribution in [3.05, 3.63) is 71.7 Å². The summed E-state index contributed by atoms with van der Waals surface area (Å²) < 4.78 is 26.9. The Balaban J connectivity index is 1.74. The highest BCUT2D eigenvalue weighted by atomic mass is 19.1. The number of nitrogens with zero attached hydrogens (tertiary/aromatic N) is 4. The average Bonchev–Trinajstić information content (AvgIpc) is 2.62. The molecule has 26 heavy (non-hydrogen) atoms. The van der Waals surface area contributed by atoms with Gasteiger partial charge in [0.1, 0.15) is 17.5 Å². The van der Waals surface area contributed by atoms with Crippen LogP contribution in [0.1, 0.15) is 11.3 Å². The SMILES string of the molecule is Cc1cc(N(C)CCc2ccncc2)nc(Nc2ccc(F)cc2F)n1. The normalized spacial score (nSPS) is 10.6. The van der Waals surface area contributed by atoms with Crippen molar-refractivity contribution in [2.45, 2.75) is 13.3 Å². The largest absolute Gasteiger partial charge is 0.359 e. The minimum absolute atomic E-state index is 0.127. The molecule has 0 saturated heterocycles. The van der Waals surface area contributed by atoms with Crippen LogP contribution in [0.3, 0.4) is 0 Å². The number of aromatic nitrogens is 3. The molecular weight excluding hydrogens is 336 g/mol. The van der Waals surface area contributed by atoms with Gasteiger partial charge in [0, 0.05) is 43.8 Å². The Morgan fingerprint density at radius 1 is 1.04 bits per heavy atom. The molecule has 0 saturated carbocycles. The van der Waals surface area contributed by atoms with Crippen molar-refractivity contribution in [2.75, 3.05) is 23.8 Å². The van der Waals surface area contributed by atoms with Crippen LogP contribution in [0.4, 0.5) is 26.2 Å². The van der Waals surface area contributed by atoms with Crippen LogP contribution in [0.25, 0.3) is 0 Å². The van der Waals surface area contributed by atoms with Gasteiger partial charge in [-0.25, -0.2) is 13.8 Å². The number of hydrogen-bond acceptors (Lipinski definition) is 5. The van der Waals surface area contributed by atoms with E-state index < -0.39 is 11.6 Å². The van der Waals surface area contributed by atoms with Crippen molar-refractivity contribution >= 4 is 17.5 Å². The summed E-state index contributed by atoms with van der Waals surface area (Å²) in [6, 6.07) is 9.14. The Kier molecular flexibility index (Phi) is 5.36. The highest BCUT2D eigenvalue weighted by Gasteiger charge is 2.10. The first-order chi connectivity index (χ1) is 12.5. The summed E-state index contributed by atoms with van der Waals surface area (Å²) >= 11 is 0. The zero-order valence-electron chi connectivity index (χ0n) is 14.6. The summed E-state index contributed by atoms with van der Waals surface area (Å²) in [5.74, 6) is -0.338. The number of likely N-dealkylation sites (N-methyl/N-ethyl adjacent to an activating group) is 1. The van der Waals surface area contributed by atoms with Gasteiger partial charge in [-0.05, 0) is 43.2 Å². The van der Waals surface area contributed by atoms with Crippen LogP contribution >= 0.6 is 0 Å². The number of benzene rings is 1. The first-order valence-corrected chi connectivity index (χ1v) is 8.19. The topological polar surface area (TPSA) is 53.9 Å². The van der Waals surface area contributed by atoms with Gasteiger partial charge in [0.15, 0.2) is 0 Å². The second kappa shape index (κ2) is 7.86. The predicted octanol–water partition coefficient (Wildman–Crippen LogP) is 3.88. The van der Waals surface area contributed by atoms with E-state index >= 15 is 0 Å². The Morgan fingerprint density at radius 2 is 1.81 bits per heavy atom. The number of anilines is 3. The molecule has 0 aliphatic heterocycles. The second-order valence-corrected chi connectivity index (χ2v) is 5.97. The molecule has 0 atom stereocenters. The maximum atomic E-state index is 13.8. The summed E-state index contributed by atoms with van der Waals surface area (Å²) in [4.78, 5) is 14.7. The minimum Gasteiger partial charge on any atom is -0.359 e. The van der Waals surface area contributed by atoms with Crippen LogP contribution in [-0.2, 0) is 6.42 Å².